The Morgan fingerprint density at radius 3 is 2.75 bits per heavy atom. The smallest absolute Gasteiger partial charge is 0.284 e. The molecule has 0 spiro atoms. The minimum atomic E-state index is -0.502. The molecule has 0 heterocycles. The molecule has 0 radical (unpaired) electrons. The average molecular weight is 361 g/mol. The number of hydrogen-bond acceptors (Lipinski definition) is 4. The second kappa shape index (κ2) is 7.64. The van der Waals surface area contributed by atoms with Crippen molar-refractivity contribution in [2.45, 2.75) is 19.4 Å². The summed E-state index contributed by atoms with van der Waals surface area (Å²) in [5, 5.41) is 10.9. The molecule has 110 valence electrons. The van der Waals surface area contributed by atoms with Gasteiger partial charge < -0.3 is 4.90 Å². The number of amides is 1. The highest BCUT2D eigenvalue weighted by Crippen LogP contribution is 2.26. The van der Waals surface area contributed by atoms with Gasteiger partial charge in [-0.15, -0.1) is 0 Å². The number of rotatable bonds is 6. The molecule has 1 amide bonds. The summed E-state index contributed by atoms with van der Waals surface area (Å²) >= 11 is 4.84. The maximum Gasteiger partial charge on any atom is 0.284 e. The molecular weight excluding hydrogens is 344 g/mol. The van der Waals surface area contributed by atoms with Crippen LogP contribution in [0.25, 0.3) is 0 Å². The Balaban J connectivity index is 2.91. The van der Waals surface area contributed by atoms with Crippen molar-refractivity contribution in [3.05, 3.63) is 38.3 Å². The summed E-state index contributed by atoms with van der Waals surface area (Å²) in [6.45, 7) is 1.97. The van der Waals surface area contributed by atoms with E-state index in [1.165, 1.54) is 12.1 Å². The highest BCUT2D eigenvalue weighted by Gasteiger charge is 2.21. The molecule has 1 rings (SSSR count). The summed E-state index contributed by atoms with van der Waals surface area (Å²) in [5.41, 5.74) is 0.236. The normalized spacial score (nSPS) is 12.0. The van der Waals surface area contributed by atoms with Crippen LogP contribution in [0.2, 0.25) is 0 Å². The van der Waals surface area contributed by atoms with Crippen LogP contribution in [0.15, 0.2) is 22.7 Å². The Bertz CT molecular complexity index is 510. The Morgan fingerprint density at radius 1 is 1.55 bits per heavy atom. The van der Waals surface area contributed by atoms with Crippen molar-refractivity contribution in [1.29, 1.82) is 0 Å². The summed E-state index contributed by atoms with van der Waals surface area (Å²) in [7, 11) is 1.72. The lowest BCUT2D eigenvalue weighted by Gasteiger charge is -2.24. The minimum absolute atomic E-state index is 0.0950. The lowest BCUT2D eigenvalue weighted by Crippen LogP contribution is -2.35. The molecule has 7 heteroatoms. The minimum Gasteiger partial charge on any atom is -0.339 e. The van der Waals surface area contributed by atoms with Crippen LogP contribution < -0.4 is 0 Å². The largest absolute Gasteiger partial charge is 0.339 e. The SMILES string of the molecule is CSCCC(C)N(C)C(=O)c1ccc(Br)c([N+](=O)[O-])c1. The number of carbonyl (C=O) groups is 1. The number of nitro groups is 1. The number of benzene rings is 1. The quantitative estimate of drug-likeness (QED) is 0.574. The number of nitro benzene ring substituents is 1. The third-order valence-electron chi connectivity index (χ3n) is 3.11. The Hall–Kier alpha value is -1.08. The van der Waals surface area contributed by atoms with Gasteiger partial charge in [0.05, 0.1) is 9.40 Å². The second-order valence-electron chi connectivity index (χ2n) is 4.47. The summed E-state index contributed by atoms with van der Waals surface area (Å²) in [6, 6.07) is 4.53. The van der Waals surface area contributed by atoms with E-state index < -0.39 is 4.92 Å². The van der Waals surface area contributed by atoms with E-state index in [2.05, 4.69) is 15.9 Å². The molecule has 0 N–H and O–H groups in total. The Kier molecular flexibility index (Phi) is 6.48. The maximum absolute atomic E-state index is 12.3. The molecule has 1 unspecified atom stereocenters. The van der Waals surface area contributed by atoms with Crippen LogP contribution in [0.3, 0.4) is 0 Å². The molecule has 1 aromatic rings. The first-order valence-electron chi connectivity index (χ1n) is 6.08. The summed E-state index contributed by atoms with van der Waals surface area (Å²) in [6.07, 6.45) is 2.91. The van der Waals surface area contributed by atoms with Gasteiger partial charge in [-0.05, 0) is 53.4 Å². The molecule has 0 bridgehead atoms. The molecule has 20 heavy (non-hydrogen) atoms. The van der Waals surface area contributed by atoms with Crippen molar-refractivity contribution in [1.82, 2.24) is 4.90 Å². The molecule has 0 fully saturated rings. The van der Waals surface area contributed by atoms with Crippen molar-refractivity contribution < 1.29 is 9.72 Å². The topological polar surface area (TPSA) is 63.5 Å². The van der Waals surface area contributed by atoms with Gasteiger partial charge in [-0.25, -0.2) is 0 Å². The van der Waals surface area contributed by atoms with Crippen molar-refractivity contribution in [2.75, 3.05) is 19.1 Å². The molecule has 0 aliphatic rings. The van der Waals surface area contributed by atoms with Crippen LogP contribution in [0.1, 0.15) is 23.7 Å². The van der Waals surface area contributed by atoms with E-state index in [1.807, 2.05) is 13.2 Å². The zero-order valence-electron chi connectivity index (χ0n) is 11.6. The van der Waals surface area contributed by atoms with Gasteiger partial charge in [0.2, 0.25) is 0 Å². The fourth-order valence-electron chi connectivity index (χ4n) is 1.67. The van der Waals surface area contributed by atoms with Gasteiger partial charge >= 0.3 is 0 Å². The number of hydrogen-bond donors (Lipinski definition) is 0. The van der Waals surface area contributed by atoms with Crippen LogP contribution in [0, 0.1) is 10.1 Å². The van der Waals surface area contributed by atoms with Crippen LogP contribution >= 0.6 is 27.7 Å². The maximum atomic E-state index is 12.3. The predicted octanol–water partition coefficient (Wildman–Crippen LogP) is 3.57. The monoisotopic (exact) mass is 360 g/mol. The van der Waals surface area contributed by atoms with Crippen LogP contribution in [-0.2, 0) is 0 Å². The lowest BCUT2D eigenvalue weighted by atomic mass is 10.1. The second-order valence-corrected chi connectivity index (χ2v) is 6.31. The van der Waals surface area contributed by atoms with Gasteiger partial charge in [0.25, 0.3) is 11.6 Å². The summed E-state index contributed by atoms with van der Waals surface area (Å²) in [4.78, 5) is 24.3. The van der Waals surface area contributed by atoms with E-state index in [9.17, 15) is 14.9 Å². The predicted molar refractivity (Wildman–Crippen MR) is 85.4 cm³/mol. The van der Waals surface area contributed by atoms with Gasteiger partial charge in [-0.3, -0.25) is 14.9 Å². The van der Waals surface area contributed by atoms with Crippen molar-refractivity contribution >= 4 is 39.3 Å². The molecule has 0 saturated heterocycles. The van der Waals surface area contributed by atoms with Crippen molar-refractivity contribution in [3.8, 4) is 0 Å². The van der Waals surface area contributed by atoms with Crippen molar-refractivity contribution in [3.63, 3.8) is 0 Å². The third-order valence-corrected chi connectivity index (χ3v) is 4.43. The molecule has 0 aliphatic carbocycles. The third kappa shape index (κ3) is 4.21. The average Bonchev–Trinajstić information content (AvgIpc) is 2.43. The van der Waals surface area contributed by atoms with Gasteiger partial charge in [0.1, 0.15) is 0 Å². The Labute approximate surface area is 131 Å². The van der Waals surface area contributed by atoms with E-state index in [0.717, 1.165) is 12.2 Å². The van der Waals surface area contributed by atoms with Crippen LogP contribution in [0.5, 0.6) is 0 Å². The lowest BCUT2D eigenvalue weighted by molar-refractivity contribution is -0.385. The molecule has 0 aliphatic heterocycles. The van der Waals surface area contributed by atoms with Gasteiger partial charge in [0, 0.05) is 24.7 Å². The molecule has 1 aromatic carbocycles. The highest BCUT2D eigenvalue weighted by atomic mass is 79.9. The van der Waals surface area contributed by atoms with E-state index in [0.29, 0.717) is 10.0 Å². The number of halogens is 1. The Morgan fingerprint density at radius 2 is 2.20 bits per heavy atom. The van der Waals surface area contributed by atoms with E-state index in [1.54, 1.807) is 29.8 Å². The van der Waals surface area contributed by atoms with E-state index in [4.69, 9.17) is 0 Å². The molecule has 1 atom stereocenters. The zero-order chi connectivity index (χ0) is 15.3. The summed E-state index contributed by atoms with van der Waals surface area (Å²) < 4.78 is 0.372. The number of thioether (sulfide) groups is 1. The van der Waals surface area contributed by atoms with Gasteiger partial charge in [-0.2, -0.15) is 11.8 Å². The van der Waals surface area contributed by atoms with Gasteiger partial charge in [0.15, 0.2) is 0 Å². The molecular formula is C13H17BrN2O3S. The van der Waals surface area contributed by atoms with E-state index in [-0.39, 0.29) is 17.6 Å². The van der Waals surface area contributed by atoms with Crippen LogP contribution in [-0.4, -0.2) is 40.8 Å². The van der Waals surface area contributed by atoms with Gasteiger partial charge in [-0.1, -0.05) is 0 Å². The first-order valence-corrected chi connectivity index (χ1v) is 8.27. The number of carbonyl (C=O) groups excluding carboxylic acids is 1. The zero-order valence-corrected chi connectivity index (χ0v) is 14.0. The highest BCUT2D eigenvalue weighted by molar-refractivity contribution is 9.10. The standard InChI is InChI=1S/C13H17BrN2O3S/c1-9(6-7-20-3)15(2)13(17)10-4-5-11(14)12(8-10)16(18)19/h4-5,8-9H,6-7H2,1-3H3. The first-order chi connectivity index (χ1) is 9.38. The van der Waals surface area contributed by atoms with Crippen LogP contribution in [0.4, 0.5) is 5.69 Å². The molecule has 0 saturated carbocycles. The first kappa shape index (κ1) is 17.0. The summed E-state index contributed by atoms with van der Waals surface area (Å²) in [5.74, 6) is 0.772. The molecule has 0 aromatic heterocycles. The molecule has 5 nitrogen and oxygen atoms in total. The fourth-order valence-corrected chi connectivity index (χ4v) is 2.64. The van der Waals surface area contributed by atoms with E-state index >= 15 is 0 Å². The van der Waals surface area contributed by atoms with Crippen molar-refractivity contribution in [2.24, 2.45) is 0 Å². The fraction of sp³-hybridized carbons (Fsp3) is 0.462. The number of nitrogens with zero attached hydrogens (tertiary/aromatic N) is 2.